The van der Waals surface area contributed by atoms with Gasteiger partial charge < -0.3 is 10.1 Å². The van der Waals surface area contributed by atoms with Gasteiger partial charge in [-0.05, 0) is 30.5 Å². The molecule has 1 aromatic carbocycles. The molecule has 2 fully saturated rings. The van der Waals surface area contributed by atoms with Gasteiger partial charge in [0.05, 0.1) is 18.2 Å². The Kier molecular flexibility index (Phi) is 2.89. The summed E-state index contributed by atoms with van der Waals surface area (Å²) < 4.78 is 19.3. The summed E-state index contributed by atoms with van der Waals surface area (Å²) in [5, 5.41) is 3.59. The first kappa shape index (κ1) is 11.2. The average molecular weight is 235 g/mol. The van der Waals surface area contributed by atoms with Gasteiger partial charge in [-0.25, -0.2) is 4.39 Å². The van der Waals surface area contributed by atoms with Crippen LogP contribution in [-0.4, -0.2) is 19.3 Å². The molecule has 0 spiro atoms. The van der Waals surface area contributed by atoms with Crippen LogP contribution in [0, 0.1) is 5.82 Å². The molecule has 0 amide bonds. The van der Waals surface area contributed by atoms with Crippen molar-refractivity contribution in [3.63, 3.8) is 0 Å². The number of rotatable bonds is 1. The smallest absolute Gasteiger partial charge is 0.123 e. The van der Waals surface area contributed by atoms with Gasteiger partial charge in [-0.2, -0.15) is 0 Å². The largest absolute Gasteiger partial charge is 0.375 e. The fourth-order valence-electron chi connectivity index (χ4n) is 3.24. The van der Waals surface area contributed by atoms with E-state index in [4.69, 9.17) is 4.74 Å². The van der Waals surface area contributed by atoms with Crippen molar-refractivity contribution in [2.75, 3.05) is 13.2 Å². The normalized spacial score (nSPS) is 33.1. The highest BCUT2D eigenvalue weighted by molar-refractivity contribution is 5.28. The van der Waals surface area contributed by atoms with E-state index in [0.717, 1.165) is 31.6 Å². The Hall–Kier alpha value is -0.930. The molecule has 0 aromatic heterocycles. The molecule has 1 saturated heterocycles. The molecule has 2 atom stereocenters. The van der Waals surface area contributed by atoms with Gasteiger partial charge in [-0.3, -0.25) is 0 Å². The summed E-state index contributed by atoms with van der Waals surface area (Å²) in [4.78, 5) is 0. The van der Waals surface area contributed by atoms with E-state index in [1.54, 1.807) is 12.1 Å². The summed E-state index contributed by atoms with van der Waals surface area (Å²) in [5.74, 6) is -0.159. The van der Waals surface area contributed by atoms with E-state index in [1.165, 1.54) is 18.9 Å². The van der Waals surface area contributed by atoms with Crippen LogP contribution in [0.3, 0.4) is 0 Å². The number of nitrogens with one attached hydrogen (secondary N) is 1. The van der Waals surface area contributed by atoms with E-state index in [0.29, 0.717) is 0 Å². The molecule has 1 N–H and O–H groups in total. The molecule has 1 aromatic rings. The summed E-state index contributed by atoms with van der Waals surface area (Å²) in [5.41, 5.74) is 0.889. The molecular weight excluding hydrogens is 217 g/mol. The number of ether oxygens (including phenoxy) is 1. The first-order chi connectivity index (χ1) is 8.31. The second kappa shape index (κ2) is 4.39. The first-order valence-corrected chi connectivity index (χ1v) is 6.44. The molecule has 0 bridgehead atoms. The Morgan fingerprint density at radius 3 is 3.18 bits per heavy atom. The minimum atomic E-state index is -0.159. The number of halogens is 1. The number of fused-ring (bicyclic) bond motifs is 1. The molecule has 2 aliphatic rings. The fraction of sp³-hybridized carbons (Fsp3) is 0.571. The van der Waals surface area contributed by atoms with E-state index < -0.39 is 0 Å². The van der Waals surface area contributed by atoms with E-state index in [9.17, 15) is 4.39 Å². The van der Waals surface area contributed by atoms with Crippen molar-refractivity contribution in [3.05, 3.63) is 35.6 Å². The van der Waals surface area contributed by atoms with Crippen LogP contribution >= 0.6 is 0 Å². The molecule has 3 rings (SSSR count). The number of hydrogen-bond acceptors (Lipinski definition) is 2. The lowest BCUT2D eigenvalue weighted by Gasteiger charge is -2.48. The third-order valence-corrected chi connectivity index (χ3v) is 4.04. The van der Waals surface area contributed by atoms with Crippen molar-refractivity contribution in [1.29, 1.82) is 0 Å². The quantitative estimate of drug-likeness (QED) is 0.807. The topological polar surface area (TPSA) is 21.3 Å². The highest BCUT2D eigenvalue weighted by Crippen LogP contribution is 2.40. The maximum Gasteiger partial charge on any atom is 0.123 e. The van der Waals surface area contributed by atoms with Crippen LogP contribution in [0.2, 0.25) is 0 Å². The van der Waals surface area contributed by atoms with Crippen LogP contribution in [0.15, 0.2) is 24.3 Å². The van der Waals surface area contributed by atoms with Gasteiger partial charge in [0, 0.05) is 6.54 Å². The maximum atomic E-state index is 13.4. The van der Waals surface area contributed by atoms with Crippen LogP contribution in [0.25, 0.3) is 0 Å². The van der Waals surface area contributed by atoms with Crippen LogP contribution in [0.4, 0.5) is 4.39 Å². The summed E-state index contributed by atoms with van der Waals surface area (Å²) in [6.07, 6.45) is 4.71. The van der Waals surface area contributed by atoms with Gasteiger partial charge in [-0.15, -0.1) is 0 Å². The van der Waals surface area contributed by atoms with Gasteiger partial charge >= 0.3 is 0 Å². The highest BCUT2D eigenvalue weighted by Gasteiger charge is 2.44. The van der Waals surface area contributed by atoms with E-state index in [-0.39, 0.29) is 17.5 Å². The lowest BCUT2D eigenvalue weighted by atomic mass is 9.73. The summed E-state index contributed by atoms with van der Waals surface area (Å²) in [6, 6.07) is 6.96. The summed E-state index contributed by atoms with van der Waals surface area (Å²) in [7, 11) is 0. The molecule has 1 aliphatic carbocycles. The molecule has 2 nitrogen and oxygen atoms in total. The second-order valence-corrected chi connectivity index (χ2v) is 5.01. The van der Waals surface area contributed by atoms with Crippen molar-refractivity contribution in [3.8, 4) is 0 Å². The molecule has 2 unspecified atom stereocenters. The van der Waals surface area contributed by atoms with E-state index >= 15 is 0 Å². The zero-order chi connectivity index (χ0) is 11.7. The first-order valence-electron chi connectivity index (χ1n) is 6.44. The average Bonchev–Trinajstić information content (AvgIpc) is 2.39. The maximum absolute atomic E-state index is 13.4. The van der Waals surface area contributed by atoms with Crippen molar-refractivity contribution >= 4 is 0 Å². The minimum absolute atomic E-state index is 0.154. The van der Waals surface area contributed by atoms with Gasteiger partial charge in [0.2, 0.25) is 0 Å². The van der Waals surface area contributed by atoms with Gasteiger partial charge in [-0.1, -0.05) is 25.0 Å². The summed E-state index contributed by atoms with van der Waals surface area (Å²) >= 11 is 0. The monoisotopic (exact) mass is 235 g/mol. The number of morpholine rings is 1. The Morgan fingerprint density at radius 1 is 1.35 bits per heavy atom. The van der Waals surface area contributed by atoms with E-state index in [1.807, 2.05) is 6.07 Å². The highest BCUT2D eigenvalue weighted by atomic mass is 19.1. The van der Waals surface area contributed by atoms with Gasteiger partial charge in [0.15, 0.2) is 0 Å². The lowest BCUT2D eigenvalue weighted by molar-refractivity contribution is -0.0757. The molecule has 17 heavy (non-hydrogen) atoms. The molecule has 1 aliphatic heterocycles. The number of benzene rings is 1. The fourth-order valence-corrected chi connectivity index (χ4v) is 3.24. The predicted molar refractivity (Wildman–Crippen MR) is 64.3 cm³/mol. The second-order valence-electron chi connectivity index (χ2n) is 5.01. The van der Waals surface area contributed by atoms with Crippen LogP contribution in [0.1, 0.15) is 31.2 Å². The zero-order valence-electron chi connectivity index (χ0n) is 9.92. The summed E-state index contributed by atoms with van der Waals surface area (Å²) in [6.45, 7) is 1.62. The van der Waals surface area contributed by atoms with Gasteiger partial charge in [0.1, 0.15) is 5.82 Å². The molecule has 92 valence electrons. The van der Waals surface area contributed by atoms with Crippen molar-refractivity contribution in [2.24, 2.45) is 0 Å². The standard InChI is InChI=1S/C14H18FNO/c15-12-5-3-4-11(10-12)14-7-2-1-6-13(14)17-9-8-16-14/h3-5,10,13,16H,1-2,6-9H2. The third kappa shape index (κ3) is 1.87. The molecule has 1 heterocycles. The minimum Gasteiger partial charge on any atom is -0.375 e. The van der Waals surface area contributed by atoms with Crippen LogP contribution < -0.4 is 5.32 Å². The van der Waals surface area contributed by atoms with E-state index in [2.05, 4.69) is 5.32 Å². The zero-order valence-corrected chi connectivity index (χ0v) is 9.92. The third-order valence-electron chi connectivity index (χ3n) is 4.04. The predicted octanol–water partition coefficient (Wildman–Crippen LogP) is 2.58. The van der Waals surface area contributed by atoms with Crippen molar-refractivity contribution in [2.45, 2.75) is 37.3 Å². The Balaban J connectivity index is 2.00. The molecule has 0 radical (unpaired) electrons. The Bertz CT molecular complexity index is 395. The van der Waals surface area contributed by atoms with Crippen molar-refractivity contribution < 1.29 is 9.13 Å². The SMILES string of the molecule is Fc1cccc(C23CCCCC2OCCN3)c1. The molecular formula is C14H18FNO. The van der Waals surface area contributed by atoms with Crippen LogP contribution in [-0.2, 0) is 10.3 Å². The number of hydrogen-bond donors (Lipinski definition) is 1. The Morgan fingerprint density at radius 2 is 2.29 bits per heavy atom. The molecule has 3 heteroatoms. The Labute approximate surface area is 101 Å². The van der Waals surface area contributed by atoms with Gasteiger partial charge in [0.25, 0.3) is 0 Å². The van der Waals surface area contributed by atoms with Crippen molar-refractivity contribution in [1.82, 2.24) is 5.32 Å². The molecule has 1 saturated carbocycles. The van der Waals surface area contributed by atoms with Crippen LogP contribution in [0.5, 0.6) is 0 Å². The lowest BCUT2D eigenvalue weighted by Crippen LogP contribution is -2.59.